The Morgan fingerprint density at radius 3 is 2.23 bits per heavy atom. The number of hydrogen-bond donors (Lipinski definition) is 3. The average molecular weight is 535 g/mol. The second kappa shape index (κ2) is 13.4. The average Bonchev–Trinajstić information content (AvgIpc) is 2.86. The Morgan fingerprint density at radius 1 is 0.949 bits per heavy atom. The third-order valence-corrected chi connectivity index (χ3v) is 6.39. The van der Waals surface area contributed by atoms with Gasteiger partial charge in [-0.1, -0.05) is 60.7 Å². The summed E-state index contributed by atoms with van der Waals surface area (Å²) < 4.78 is 20.5. The number of benzene rings is 3. The molecule has 0 saturated heterocycles. The minimum atomic E-state index is -0.948. The molecule has 3 aromatic rings. The molecule has 3 aromatic carbocycles. The van der Waals surface area contributed by atoms with Crippen LogP contribution in [-0.2, 0) is 17.6 Å². The van der Waals surface area contributed by atoms with Crippen LogP contribution >= 0.6 is 0 Å². The summed E-state index contributed by atoms with van der Waals surface area (Å²) in [6.45, 7) is 9.14. The number of hydrogen-bond acceptors (Lipinski definition) is 4. The van der Waals surface area contributed by atoms with Gasteiger partial charge in [0.25, 0.3) is 11.8 Å². The molecule has 0 aromatic heterocycles. The van der Waals surface area contributed by atoms with Crippen molar-refractivity contribution in [1.82, 2.24) is 10.6 Å². The molecule has 0 aliphatic rings. The van der Waals surface area contributed by atoms with Crippen LogP contribution in [0.3, 0.4) is 0 Å². The number of aliphatic hydroxyl groups is 1. The maximum absolute atomic E-state index is 14.7. The van der Waals surface area contributed by atoms with Gasteiger partial charge in [0.05, 0.1) is 17.7 Å². The number of carbonyl (C=O) groups is 2. The SMILES string of the molecule is Cc1cccc(C)c1OCC(=O)N[C@@H](Cc1ccccc1)[C@H](O)CCc1cccc(F)c1C(=O)NC(C)(C)C. The van der Waals surface area contributed by atoms with E-state index in [0.29, 0.717) is 17.7 Å². The molecule has 0 aliphatic carbocycles. The second-order valence-corrected chi connectivity index (χ2v) is 11.0. The normalized spacial score (nSPS) is 12.9. The van der Waals surface area contributed by atoms with Crippen LogP contribution in [-0.4, -0.2) is 41.2 Å². The molecule has 7 heteroatoms. The van der Waals surface area contributed by atoms with Crippen molar-refractivity contribution in [3.63, 3.8) is 0 Å². The molecule has 39 heavy (non-hydrogen) atoms. The Hall–Kier alpha value is -3.71. The first-order valence-electron chi connectivity index (χ1n) is 13.2. The lowest BCUT2D eigenvalue weighted by molar-refractivity contribution is -0.124. The van der Waals surface area contributed by atoms with Gasteiger partial charge in [-0.05, 0) is 82.2 Å². The molecule has 0 saturated carbocycles. The fourth-order valence-corrected chi connectivity index (χ4v) is 4.50. The lowest BCUT2D eigenvalue weighted by Gasteiger charge is -2.25. The number of aryl methyl sites for hydroxylation is 3. The predicted molar refractivity (Wildman–Crippen MR) is 151 cm³/mol. The summed E-state index contributed by atoms with van der Waals surface area (Å²) in [6.07, 6.45) is -0.0747. The highest BCUT2D eigenvalue weighted by atomic mass is 19.1. The topological polar surface area (TPSA) is 87.7 Å². The quantitative estimate of drug-likeness (QED) is 0.321. The zero-order valence-corrected chi connectivity index (χ0v) is 23.4. The zero-order valence-electron chi connectivity index (χ0n) is 23.4. The van der Waals surface area contributed by atoms with Crippen LogP contribution in [0.5, 0.6) is 5.75 Å². The number of nitrogens with one attached hydrogen (secondary N) is 2. The standard InChI is InChI=1S/C32H39FN2O4/c1-21-11-9-12-22(2)30(21)39-20-28(37)34-26(19-23-13-7-6-8-14-23)27(36)18-17-24-15-10-16-25(33)29(24)31(38)35-32(3,4)5/h6-16,26-27,36H,17-20H2,1-5H3,(H,34,37)(H,35,38)/t26-,27+/m0/s1. The molecule has 3 N–H and O–H groups in total. The van der Waals surface area contributed by atoms with Crippen LogP contribution in [0, 0.1) is 19.7 Å². The first-order chi connectivity index (χ1) is 18.4. The summed E-state index contributed by atoms with van der Waals surface area (Å²) in [6, 6.07) is 19.2. The van der Waals surface area contributed by atoms with Crippen molar-refractivity contribution >= 4 is 11.8 Å². The molecule has 0 radical (unpaired) electrons. The van der Waals surface area contributed by atoms with Crippen molar-refractivity contribution in [2.24, 2.45) is 0 Å². The fourth-order valence-electron chi connectivity index (χ4n) is 4.50. The Morgan fingerprint density at radius 2 is 1.59 bits per heavy atom. The molecular weight excluding hydrogens is 495 g/mol. The van der Waals surface area contributed by atoms with Crippen LogP contribution in [0.15, 0.2) is 66.7 Å². The van der Waals surface area contributed by atoms with E-state index in [1.807, 2.05) is 83.1 Å². The smallest absolute Gasteiger partial charge is 0.258 e. The highest BCUT2D eigenvalue weighted by Crippen LogP contribution is 2.22. The van der Waals surface area contributed by atoms with Crippen LogP contribution in [0.4, 0.5) is 4.39 Å². The summed E-state index contributed by atoms with van der Waals surface area (Å²) in [5.74, 6) is -0.794. The minimum absolute atomic E-state index is 0.0229. The number of para-hydroxylation sites is 1. The van der Waals surface area contributed by atoms with E-state index in [4.69, 9.17) is 4.74 Å². The lowest BCUT2D eigenvalue weighted by atomic mass is 9.94. The molecule has 0 spiro atoms. The molecule has 2 atom stereocenters. The molecule has 2 amide bonds. The summed E-state index contributed by atoms with van der Waals surface area (Å²) in [4.78, 5) is 25.7. The van der Waals surface area contributed by atoms with Crippen LogP contribution < -0.4 is 15.4 Å². The fraction of sp³-hybridized carbons (Fsp3) is 0.375. The van der Waals surface area contributed by atoms with Gasteiger partial charge in [-0.25, -0.2) is 4.39 Å². The number of carbonyl (C=O) groups excluding carboxylic acids is 2. The van der Waals surface area contributed by atoms with E-state index in [2.05, 4.69) is 10.6 Å². The molecule has 0 fully saturated rings. The molecule has 0 aliphatic heterocycles. The number of rotatable bonds is 11. The highest BCUT2D eigenvalue weighted by Gasteiger charge is 2.25. The third-order valence-electron chi connectivity index (χ3n) is 6.39. The number of amides is 2. The van der Waals surface area contributed by atoms with E-state index in [-0.39, 0.29) is 30.9 Å². The van der Waals surface area contributed by atoms with Crippen LogP contribution in [0.1, 0.15) is 59.8 Å². The van der Waals surface area contributed by atoms with Gasteiger partial charge in [0.15, 0.2) is 6.61 Å². The molecule has 208 valence electrons. The van der Waals surface area contributed by atoms with Gasteiger partial charge in [0.1, 0.15) is 11.6 Å². The Labute approximate surface area is 230 Å². The first-order valence-corrected chi connectivity index (χ1v) is 13.2. The molecule has 6 nitrogen and oxygen atoms in total. The van der Waals surface area contributed by atoms with E-state index in [0.717, 1.165) is 16.7 Å². The first kappa shape index (κ1) is 29.8. The monoisotopic (exact) mass is 534 g/mol. The van der Waals surface area contributed by atoms with Crippen molar-refractivity contribution in [3.05, 3.63) is 100 Å². The predicted octanol–water partition coefficient (Wildman–Crippen LogP) is 5.07. The largest absolute Gasteiger partial charge is 0.483 e. The van der Waals surface area contributed by atoms with Gasteiger partial charge >= 0.3 is 0 Å². The molecule has 0 bridgehead atoms. The van der Waals surface area contributed by atoms with Gasteiger partial charge in [-0.15, -0.1) is 0 Å². The molecule has 0 unspecified atom stereocenters. The summed E-state index contributed by atoms with van der Waals surface area (Å²) in [7, 11) is 0. The van der Waals surface area contributed by atoms with Gasteiger partial charge in [-0.3, -0.25) is 9.59 Å². The minimum Gasteiger partial charge on any atom is -0.483 e. The number of ether oxygens (including phenoxy) is 1. The third kappa shape index (κ3) is 8.93. The van der Waals surface area contributed by atoms with E-state index >= 15 is 0 Å². The van der Waals surface area contributed by atoms with Crippen molar-refractivity contribution in [3.8, 4) is 5.75 Å². The Bertz CT molecular complexity index is 1250. The summed E-state index contributed by atoms with van der Waals surface area (Å²) in [5, 5.41) is 16.9. The van der Waals surface area contributed by atoms with E-state index in [1.54, 1.807) is 12.1 Å². The number of halogens is 1. The van der Waals surface area contributed by atoms with E-state index < -0.39 is 29.4 Å². The Kier molecular flexibility index (Phi) is 10.2. The van der Waals surface area contributed by atoms with Crippen molar-refractivity contribution in [2.45, 2.75) is 71.6 Å². The number of aliphatic hydroxyl groups excluding tert-OH is 1. The van der Waals surface area contributed by atoms with Gasteiger partial charge in [0.2, 0.25) is 0 Å². The summed E-state index contributed by atoms with van der Waals surface area (Å²) >= 11 is 0. The maximum atomic E-state index is 14.7. The van der Waals surface area contributed by atoms with Crippen molar-refractivity contribution < 1.29 is 23.8 Å². The molecular formula is C32H39FN2O4. The van der Waals surface area contributed by atoms with E-state index in [9.17, 15) is 19.1 Å². The maximum Gasteiger partial charge on any atom is 0.258 e. The zero-order chi connectivity index (χ0) is 28.6. The molecule has 0 heterocycles. The van der Waals surface area contributed by atoms with Gasteiger partial charge in [0, 0.05) is 5.54 Å². The van der Waals surface area contributed by atoms with Crippen molar-refractivity contribution in [1.29, 1.82) is 0 Å². The van der Waals surface area contributed by atoms with E-state index in [1.165, 1.54) is 6.07 Å². The van der Waals surface area contributed by atoms with Crippen LogP contribution in [0.25, 0.3) is 0 Å². The van der Waals surface area contributed by atoms with Gasteiger partial charge < -0.3 is 20.5 Å². The highest BCUT2D eigenvalue weighted by molar-refractivity contribution is 5.96. The Balaban J connectivity index is 1.73. The van der Waals surface area contributed by atoms with Crippen molar-refractivity contribution in [2.75, 3.05) is 6.61 Å². The second-order valence-electron chi connectivity index (χ2n) is 11.0. The van der Waals surface area contributed by atoms with Crippen LogP contribution in [0.2, 0.25) is 0 Å². The molecule has 3 rings (SSSR count). The summed E-state index contributed by atoms with van der Waals surface area (Å²) in [5.41, 5.74) is 2.77. The lowest BCUT2D eigenvalue weighted by Crippen LogP contribution is -2.46. The van der Waals surface area contributed by atoms with Gasteiger partial charge in [-0.2, -0.15) is 0 Å².